The summed E-state index contributed by atoms with van der Waals surface area (Å²) in [7, 11) is 12.5. The minimum absolute atomic E-state index is 0.290. The van der Waals surface area contributed by atoms with Crippen molar-refractivity contribution in [2.75, 3.05) is 57.5 Å². The van der Waals surface area contributed by atoms with Gasteiger partial charge >= 0.3 is 0 Å². The lowest BCUT2D eigenvalue weighted by Gasteiger charge is -2.18. The molecule has 1 amide bonds. The fourth-order valence-electron chi connectivity index (χ4n) is 4.12. The number of hydrogen-bond donors (Lipinski definition) is 1. The number of carbonyl (C=O) groups excluding carboxylic acids is 1. The summed E-state index contributed by atoms with van der Waals surface area (Å²) in [6, 6.07) is 5.00. The van der Waals surface area contributed by atoms with E-state index in [9.17, 15) is 4.79 Å². The van der Waals surface area contributed by atoms with Crippen LogP contribution in [0, 0.1) is 0 Å². The molecule has 2 aromatic carbocycles. The number of benzene rings is 2. The topological polar surface area (TPSA) is 97.6 Å². The summed E-state index contributed by atoms with van der Waals surface area (Å²) in [5.74, 6) is 2.35. The van der Waals surface area contributed by atoms with Gasteiger partial charge in [-0.1, -0.05) is 29.3 Å². The van der Waals surface area contributed by atoms with E-state index in [1.165, 1.54) is 26.6 Å². The molecule has 0 aliphatic heterocycles. The summed E-state index contributed by atoms with van der Waals surface area (Å²) in [5.41, 5.74) is 2.18. The molecule has 4 rings (SSSR count). The minimum Gasteiger partial charge on any atom is -0.495 e. The Labute approximate surface area is 224 Å². The third-order valence-electron chi connectivity index (χ3n) is 5.83. The molecule has 0 bridgehead atoms. The van der Waals surface area contributed by atoms with Crippen molar-refractivity contribution in [3.8, 4) is 22.6 Å². The number of hydrogen-bond acceptors (Lipinski definition) is 8. The molecule has 0 unspecified atom stereocenters. The SMILES string of the molecule is COc1cc(OC)c(Cl)c(-c2ccc(C(=O)Nc3nc(N(C)C)c(N(C)C)n3C)c3nccnc23)c1Cl. The molecule has 0 spiro atoms. The zero-order valence-corrected chi connectivity index (χ0v) is 23.1. The molecule has 0 fully saturated rings. The van der Waals surface area contributed by atoms with Crippen LogP contribution in [0.3, 0.4) is 0 Å². The van der Waals surface area contributed by atoms with Gasteiger partial charge in [0.15, 0.2) is 11.6 Å². The lowest BCUT2D eigenvalue weighted by atomic mass is 9.99. The van der Waals surface area contributed by atoms with Gasteiger partial charge in [-0.2, -0.15) is 4.98 Å². The third-order valence-corrected chi connectivity index (χ3v) is 6.58. The summed E-state index contributed by atoms with van der Waals surface area (Å²) in [4.78, 5) is 30.9. The molecule has 0 radical (unpaired) electrons. The zero-order chi connectivity index (χ0) is 27.0. The van der Waals surface area contributed by atoms with E-state index in [0.717, 1.165) is 11.6 Å². The molecule has 0 aliphatic rings. The molecule has 37 heavy (non-hydrogen) atoms. The highest BCUT2D eigenvalue weighted by molar-refractivity contribution is 6.41. The Kier molecular flexibility index (Phi) is 7.33. The highest BCUT2D eigenvalue weighted by Crippen LogP contribution is 2.47. The van der Waals surface area contributed by atoms with Crippen molar-refractivity contribution in [1.82, 2.24) is 19.5 Å². The predicted molar refractivity (Wildman–Crippen MR) is 148 cm³/mol. The van der Waals surface area contributed by atoms with E-state index < -0.39 is 0 Å². The van der Waals surface area contributed by atoms with E-state index in [4.69, 9.17) is 32.7 Å². The molecule has 12 heteroatoms. The lowest BCUT2D eigenvalue weighted by molar-refractivity contribution is 0.102. The first kappa shape index (κ1) is 26.3. The first-order valence-electron chi connectivity index (χ1n) is 11.2. The van der Waals surface area contributed by atoms with Crippen molar-refractivity contribution in [2.45, 2.75) is 0 Å². The van der Waals surface area contributed by atoms with Crippen LogP contribution in [-0.4, -0.2) is 67.8 Å². The van der Waals surface area contributed by atoms with Gasteiger partial charge in [-0.15, -0.1) is 0 Å². The Morgan fingerprint density at radius 1 is 0.946 bits per heavy atom. The fourth-order valence-corrected chi connectivity index (χ4v) is 4.82. The maximum Gasteiger partial charge on any atom is 0.260 e. The molecule has 0 saturated carbocycles. The normalized spacial score (nSPS) is 10.9. The number of nitrogens with one attached hydrogen (secondary N) is 1. The van der Waals surface area contributed by atoms with Crippen LogP contribution in [0.1, 0.15) is 10.4 Å². The van der Waals surface area contributed by atoms with Crippen molar-refractivity contribution in [3.63, 3.8) is 0 Å². The number of fused-ring (bicyclic) bond motifs is 1. The average Bonchev–Trinajstić information content (AvgIpc) is 3.20. The molecule has 2 heterocycles. The van der Waals surface area contributed by atoms with Crippen LogP contribution < -0.4 is 24.6 Å². The van der Waals surface area contributed by atoms with Crippen molar-refractivity contribution in [2.24, 2.45) is 7.05 Å². The Hall–Kier alpha value is -3.76. The standard InChI is InChI=1S/C25H27Cl2N7O3/c1-32(2)22-24(33(3)4)34(5)25(30-22)31-23(35)14-9-8-13(20-21(14)29-11-10-28-20)17-18(26)15(36-6)12-16(37-7)19(17)27/h8-12H,1-7H3,(H,30,31,35). The highest BCUT2D eigenvalue weighted by atomic mass is 35.5. The molecule has 1 N–H and O–H groups in total. The summed E-state index contributed by atoms with van der Waals surface area (Å²) in [5, 5.41) is 3.49. The number of amides is 1. The molecular weight excluding hydrogens is 517 g/mol. The summed E-state index contributed by atoms with van der Waals surface area (Å²) >= 11 is 13.3. The fraction of sp³-hybridized carbons (Fsp3) is 0.280. The Morgan fingerprint density at radius 3 is 2.05 bits per heavy atom. The van der Waals surface area contributed by atoms with Gasteiger partial charge in [-0.05, 0) is 6.07 Å². The van der Waals surface area contributed by atoms with Crippen molar-refractivity contribution in [1.29, 1.82) is 0 Å². The number of ether oxygens (including phenoxy) is 2. The summed E-state index contributed by atoms with van der Waals surface area (Å²) < 4.78 is 12.6. The van der Waals surface area contributed by atoms with Crippen LogP contribution in [0.5, 0.6) is 11.5 Å². The molecule has 10 nitrogen and oxygen atoms in total. The highest BCUT2D eigenvalue weighted by Gasteiger charge is 2.25. The third kappa shape index (κ3) is 4.58. The van der Waals surface area contributed by atoms with E-state index >= 15 is 0 Å². The number of imidazole rings is 1. The first-order chi connectivity index (χ1) is 17.6. The van der Waals surface area contributed by atoms with Crippen molar-refractivity contribution >= 4 is 57.7 Å². The van der Waals surface area contributed by atoms with Gasteiger partial charge < -0.3 is 19.3 Å². The van der Waals surface area contributed by atoms with Crippen LogP contribution in [0.4, 0.5) is 17.6 Å². The molecule has 0 saturated heterocycles. The van der Waals surface area contributed by atoms with Gasteiger partial charge in [-0.3, -0.25) is 24.6 Å². The first-order valence-corrected chi connectivity index (χ1v) is 11.9. The Balaban J connectivity index is 1.84. The number of rotatable bonds is 7. The second-order valence-electron chi connectivity index (χ2n) is 8.58. The summed E-state index contributed by atoms with van der Waals surface area (Å²) in [6.45, 7) is 0. The number of carbonyl (C=O) groups is 1. The Morgan fingerprint density at radius 2 is 1.54 bits per heavy atom. The van der Waals surface area contributed by atoms with Crippen molar-refractivity contribution in [3.05, 3.63) is 46.2 Å². The average molecular weight is 544 g/mol. The van der Waals surface area contributed by atoms with Crippen LogP contribution in [-0.2, 0) is 7.05 Å². The predicted octanol–water partition coefficient (Wildman–Crippen LogP) is 4.74. The van der Waals surface area contributed by atoms with Crippen LogP contribution in [0.25, 0.3) is 22.2 Å². The quantitative estimate of drug-likeness (QED) is 0.357. The largest absolute Gasteiger partial charge is 0.495 e. The maximum absolute atomic E-state index is 13.5. The molecule has 0 aliphatic carbocycles. The summed E-state index contributed by atoms with van der Waals surface area (Å²) in [6.07, 6.45) is 3.06. The molecule has 0 atom stereocenters. The molecule has 2 aromatic heterocycles. The van der Waals surface area contributed by atoms with E-state index in [-0.39, 0.29) is 16.0 Å². The molecular formula is C25H27Cl2N7O3. The Bertz CT molecular complexity index is 1470. The number of halogens is 2. The van der Waals surface area contributed by atoms with Gasteiger partial charge in [0, 0.05) is 64.8 Å². The second-order valence-corrected chi connectivity index (χ2v) is 9.34. The number of nitrogens with zero attached hydrogens (tertiary/aromatic N) is 6. The van der Waals surface area contributed by atoms with Crippen LogP contribution in [0.2, 0.25) is 10.0 Å². The van der Waals surface area contributed by atoms with E-state index in [0.29, 0.717) is 45.2 Å². The van der Waals surface area contributed by atoms with E-state index in [1.54, 1.807) is 18.2 Å². The van der Waals surface area contributed by atoms with Gasteiger partial charge in [0.2, 0.25) is 5.95 Å². The smallest absolute Gasteiger partial charge is 0.260 e. The van der Waals surface area contributed by atoms with Gasteiger partial charge in [-0.25, -0.2) is 0 Å². The van der Waals surface area contributed by atoms with Gasteiger partial charge in [0.1, 0.15) is 17.0 Å². The van der Waals surface area contributed by atoms with Gasteiger partial charge in [0.25, 0.3) is 5.91 Å². The lowest BCUT2D eigenvalue weighted by Crippen LogP contribution is -2.19. The van der Waals surface area contributed by atoms with Gasteiger partial charge in [0.05, 0.1) is 35.3 Å². The molecule has 4 aromatic rings. The number of aromatic nitrogens is 4. The van der Waals surface area contributed by atoms with E-state index in [1.807, 2.05) is 49.6 Å². The minimum atomic E-state index is -0.388. The van der Waals surface area contributed by atoms with Crippen molar-refractivity contribution < 1.29 is 14.3 Å². The van der Waals surface area contributed by atoms with Crippen LogP contribution in [0.15, 0.2) is 30.6 Å². The zero-order valence-electron chi connectivity index (χ0n) is 21.6. The second kappa shape index (κ2) is 10.3. The van der Waals surface area contributed by atoms with Crippen LogP contribution >= 0.6 is 23.2 Å². The van der Waals surface area contributed by atoms with E-state index in [2.05, 4.69) is 20.3 Å². The number of methoxy groups -OCH3 is 2. The maximum atomic E-state index is 13.5. The monoisotopic (exact) mass is 543 g/mol. The molecule has 194 valence electrons. The number of anilines is 3.